The summed E-state index contributed by atoms with van der Waals surface area (Å²) in [6.07, 6.45) is 3.09. The molecule has 6 nitrogen and oxygen atoms in total. The van der Waals surface area contributed by atoms with Crippen LogP contribution >= 0.6 is 0 Å². The fourth-order valence-electron chi connectivity index (χ4n) is 3.55. The molecule has 122 valence electrons. The maximum atomic E-state index is 12.3. The fraction of sp³-hybridized carbons (Fsp3) is 0.750. The van der Waals surface area contributed by atoms with Crippen LogP contribution in [0.1, 0.15) is 31.9 Å². The molecule has 6 heteroatoms. The first-order chi connectivity index (χ1) is 10.5. The second kappa shape index (κ2) is 6.38. The number of hydrogen-bond donors (Lipinski definition) is 2. The summed E-state index contributed by atoms with van der Waals surface area (Å²) < 4.78 is 4.98. The Hall–Kier alpha value is -1.40. The van der Waals surface area contributed by atoms with Crippen molar-refractivity contribution in [3.8, 4) is 0 Å². The highest BCUT2D eigenvalue weighted by Crippen LogP contribution is 2.28. The first-order valence-corrected chi connectivity index (χ1v) is 8.21. The molecule has 0 aromatic carbocycles. The molecule has 0 saturated carbocycles. The lowest BCUT2D eigenvalue weighted by atomic mass is 9.87. The standard InChI is InChI=1S/C16H26N4O2/c1-12-9-14(19-22-12)18-15(21)13-3-7-20(8-4-13)11-16(2)5-6-17-10-16/h9,13,17H,3-8,10-11H2,1-2H3,(H,18,19,21). The van der Waals surface area contributed by atoms with Gasteiger partial charge in [-0.3, -0.25) is 4.79 Å². The number of amides is 1. The van der Waals surface area contributed by atoms with Gasteiger partial charge < -0.3 is 20.1 Å². The largest absolute Gasteiger partial charge is 0.360 e. The number of carbonyl (C=O) groups is 1. The van der Waals surface area contributed by atoms with Gasteiger partial charge in [0.05, 0.1) is 0 Å². The van der Waals surface area contributed by atoms with E-state index in [0.29, 0.717) is 17.0 Å². The van der Waals surface area contributed by atoms with E-state index in [2.05, 4.69) is 27.6 Å². The van der Waals surface area contributed by atoms with Crippen molar-refractivity contribution in [2.45, 2.75) is 33.1 Å². The Morgan fingerprint density at radius 1 is 1.55 bits per heavy atom. The molecular formula is C16H26N4O2. The van der Waals surface area contributed by atoms with E-state index in [1.165, 1.54) is 6.42 Å². The van der Waals surface area contributed by atoms with E-state index in [4.69, 9.17) is 4.52 Å². The highest BCUT2D eigenvalue weighted by atomic mass is 16.5. The van der Waals surface area contributed by atoms with Crippen molar-refractivity contribution in [2.24, 2.45) is 11.3 Å². The molecule has 3 heterocycles. The molecule has 2 fully saturated rings. The highest BCUT2D eigenvalue weighted by Gasteiger charge is 2.33. The molecule has 2 aliphatic heterocycles. The third kappa shape index (κ3) is 3.67. The van der Waals surface area contributed by atoms with Crippen molar-refractivity contribution in [1.82, 2.24) is 15.4 Å². The summed E-state index contributed by atoms with van der Waals surface area (Å²) in [5.41, 5.74) is 0.396. The molecule has 2 aliphatic rings. The van der Waals surface area contributed by atoms with Gasteiger partial charge in [-0.1, -0.05) is 12.1 Å². The lowest BCUT2D eigenvalue weighted by Gasteiger charge is -2.36. The van der Waals surface area contributed by atoms with Crippen LogP contribution in [-0.2, 0) is 4.79 Å². The summed E-state index contributed by atoms with van der Waals surface area (Å²) in [6, 6.07) is 1.75. The number of likely N-dealkylation sites (tertiary alicyclic amines) is 1. The second-order valence-electron chi connectivity index (χ2n) is 7.10. The maximum absolute atomic E-state index is 12.3. The van der Waals surface area contributed by atoms with E-state index in [-0.39, 0.29) is 11.8 Å². The summed E-state index contributed by atoms with van der Waals surface area (Å²) in [6.45, 7) is 9.57. The first kappa shape index (κ1) is 15.5. The van der Waals surface area contributed by atoms with E-state index < -0.39 is 0 Å². The zero-order chi connectivity index (χ0) is 15.6. The zero-order valence-electron chi connectivity index (χ0n) is 13.5. The predicted octanol–water partition coefficient (Wildman–Crippen LogP) is 1.63. The number of carbonyl (C=O) groups excluding carboxylic acids is 1. The number of piperidine rings is 1. The van der Waals surface area contributed by atoms with Gasteiger partial charge in [-0.2, -0.15) is 0 Å². The van der Waals surface area contributed by atoms with Crippen molar-refractivity contribution >= 4 is 11.7 Å². The third-order valence-electron chi connectivity index (χ3n) is 4.90. The predicted molar refractivity (Wildman–Crippen MR) is 84.6 cm³/mol. The Bertz CT molecular complexity index is 514. The molecule has 22 heavy (non-hydrogen) atoms. The number of nitrogens with zero attached hydrogens (tertiary/aromatic N) is 2. The van der Waals surface area contributed by atoms with E-state index >= 15 is 0 Å². The number of hydrogen-bond acceptors (Lipinski definition) is 5. The van der Waals surface area contributed by atoms with Crippen LogP contribution in [0.2, 0.25) is 0 Å². The summed E-state index contributed by atoms with van der Waals surface area (Å²) >= 11 is 0. The molecular weight excluding hydrogens is 280 g/mol. The van der Waals surface area contributed by atoms with Gasteiger partial charge in [0, 0.05) is 25.1 Å². The van der Waals surface area contributed by atoms with Crippen molar-refractivity contribution < 1.29 is 9.32 Å². The van der Waals surface area contributed by atoms with Crippen LogP contribution in [-0.4, -0.2) is 48.7 Å². The third-order valence-corrected chi connectivity index (χ3v) is 4.90. The molecule has 1 atom stereocenters. The van der Waals surface area contributed by atoms with Gasteiger partial charge in [-0.05, 0) is 51.2 Å². The van der Waals surface area contributed by atoms with Crippen LogP contribution in [0.25, 0.3) is 0 Å². The summed E-state index contributed by atoms with van der Waals surface area (Å²) in [5.74, 6) is 1.39. The Kier molecular flexibility index (Phi) is 4.49. The van der Waals surface area contributed by atoms with Crippen LogP contribution in [0.3, 0.4) is 0 Å². The Morgan fingerprint density at radius 2 is 2.32 bits per heavy atom. The van der Waals surface area contributed by atoms with E-state index in [0.717, 1.165) is 45.6 Å². The number of nitrogens with one attached hydrogen (secondary N) is 2. The second-order valence-corrected chi connectivity index (χ2v) is 7.10. The number of aryl methyl sites for hydroxylation is 1. The molecule has 0 aliphatic carbocycles. The monoisotopic (exact) mass is 306 g/mol. The van der Waals surface area contributed by atoms with Crippen LogP contribution in [0, 0.1) is 18.3 Å². The molecule has 2 saturated heterocycles. The minimum absolute atomic E-state index is 0.0710. The molecule has 0 radical (unpaired) electrons. The van der Waals surface area contributed by atoms with Crippen LogP contribution in [0.5, 0.6) is 0 Å². The van der Waals surface area contributed by atoms with Crippen molar-refractivity contribution in [2.75, 3.05) is 38.0 Å². The van der Waals surface area contributed by atoms with Crippen LogP contribution < -0.4 is 10.6 Å². The summed E-state index contributed by atoms with van der Waals surface area (Å²) in [5, 5.41) is 10.1. The Labute approximate surface area is 131 Å². The molecule has 0 spiro atoms. The summed E-state index contributed by atoms with van der Waals surface area (Å²) in [4.78, 5) is 14.8. The molecule has 1 aromatic rings. The van der Waals surface area contributed by atoms with Crippen molar-refractivity contribution in [3.05, 3.63) is 11.8 Å². The SMILES string of the molecule is Cc1cc(NC(=O)C2CCN(CC3(C)CCNC3)CC2)no1. The van der Waals surface area contributed by atoms with E-state index in [1.54, 1.807) is 6.07 Å². The number of anilines is 1. The highest BCUT2D eigenvalue weighted by molar-refractivity contribution is 5.91. The van der Waals surface area contributed by atoms with Gasteiger partial charge in [-0.15, -0.1) is 0 Å². The average Bonchev–Trinajstić information content (AvgIpc) is 3.08. The van der Waals surface area contributed by atoms with Gasteiger partial charge in [-0.25, -0.2) is 0 Å². The zero-order valence-corrected chi connectivity index (χ0v) is 13.5. The van der Waals surface area contributed by atoms with Crippen molar-refractivity contribution in [1.29, 1.82) is 0 Å². The van der Waals surface area contributed by atoms with Gasteiger partial charge in [0.1, 0.15) is 5.76 Å². The van der Waals surface area contributed by atoms with Gasteiger partial charge >= 0.3 is 0 Å². The summed E-state index contributed by atoms with van der Waals surface area (Å²) in [7, 11) is 0. The Balaban J connectivity index is 1.45. The molecule has 1 aromatic heterocycles. The van der Waals surface area contributed by atoms with E-state index in [9.17, 15) is 4.79 Å². The molecule has 3 rings (SSSR count). The molecule has 1 amide bonds. The van der Waals surface area contributed by atoms with Crippen LogP contribution in [0.4, 0.5) is 5.82 Å². The number of aromatic nitrogens is 1. The number of rotatable bonds is 4. The Morgan fingerprint density at radius 3 is 2.91 bits per heavy atom. The maximum Gasteiger partial charge on any atom is 0.228 e. The topological polar surface area (TPSA) is 70.4 Å². The fourth-order valence-corrected chi connectivity index (χ4v) is 3.55. The minimum atomic E-state index is 0.0710. The first-order valence-electron chi connectivity index (χ1n) is 8.21. The van der Waals surface area contributed by atoms with Crippen molar-refractivity contribution in [3.63, 3.8) is 0 Å². The van der Waals surface area contributed by atoms with Gasteiger partial charge in [0.2, 0.25) is 5.91 Å². The van der Waals surface area contributed by atoms with Gasteiger partial charge in [0.15, 0.2) is 5.82 Å². The molecule has 1 unspecified atom stereocenters. The lowest BCUT2D eigenvalue weighted by molar-refractivity contribution is -0.121. The normalized spacial score (nSPS) is 27.2. The minimum Gasteiger partial charge on any atom is -0.360 e. The smallest absolute Gasteiger partial charge is 0.228 e. The molecule has 0 bridgehead atoms. The molecule has 2 N–H and O–H groups in total. The van der Waals surface area contributed by atoms with Crippen LogP contribution in [0.15, 0.2) is 10.6 Å². The average molecular weight is 306 g/mol. The quantitative estimate of drug-likeness (QED) is 0.885. The lowest BCUT2D eigenvalue weighted by Crippen LogP contribution is -2.43. The van der Waals surface area contributed by atoms with Gasteiger partial charge in [0.25, 0.3) is 0 Å². The van der Waals surface area contributed by atoms with E-state index in [1.807, 2.05) is 6.92 Å².